The van der Waals surface area contributed by atoms with Gasteiger partial charge in [-0.25, -0.2) is 0 Å². The van der Waals surface area contributed by atoms with Crippen molar-refractivity contribution in [3.63, 3.8) is 0 Å². The summed E-state index contributed by atoms with van der Waals surface area (Å²) in [6, 6.07) is 0.0905. The smallest absolute Gasteiger partial charge is 0.291 e. The lowest BCUT2D eigenvalue weighted by Gasteiger charge is -2.17. The number of fused-ring (bicyclic) bond motifs is 1. The molecule has 0 atom stereocenters. The van der Waals surface area contributed by atoms with E-state index in [1.165, 1.54) is 6.20 Å². The highest BCUT2D eigenvalue weighted by atomic mass is 16.3. The predicted molar refractivity (Wildman–Crippen MR) is 84.3 cm³/mol. The van der Waals surface area contributed by atoms with Crippen molar-refractivity contribution in [2.75, 3.05) is 0 Å². The lowest BCUT2D eigenvalue weighted by atomic mass is 10.2. The van der Waals surface area contributed by atoms with E-state index in [1.54, 1.807) is 4.57 Å². The molecule has 0 unspecified atom stereocenters. The number of hydrogen-bond acceptors (Lipinski definition) is 5. The van der Waals surface area contributed by atoms with Crippen molar-refractivity contribution < 1.29 is 9.90 Å². The fourth-order valence-electron chi connectivity index (χ4n) is 2.61. The first-order valence-corrected chi connectivity index (χ1v) is 7.77. The fourth-order valence-corrected chi connectivity index (χ4v) is 2.61. The number of nitrogens with two attached hydrogens (primary N) is 1. The number of carbonyl (C=O) groups excluding carboxylic acids is 1. The molecule has 3 rings (SSSR count). The Bertz CT molecular complexity index is 817. The van der Waals surface area contributed by atoms with Gasteiger partial charge in [-0.3, -0.25) is 14.2 Å². The third-order valence-corrected chi connectivity index (χ3v) is 3.87. The molecular weight excluding hydrogens is 298 g/mol. The minimum absolute atomic E-state index is 0.0905. The SMILES string of the molecule is CC(C)Cn1c(O)c(C(=O)NC2CC2)c(=O)n2ncc(CN)c12. The molecule has 1 fully saturated rings. The molecule has 0 saturated heterocycles. The lowest BCUT2D eigenvalue weighted by Crippen LogP contribution is -2.34. The number of carbonyl (C=O) groups is 1. The van der Waals surface area contributed by atoms with E-state index in [1.807, 2.05) is 13.8 Å². The van der Waals surface area contributed by atoms with Crippen molar-refractivity contribution in [3.8, 4) is 5.88 Å². The van der Waals surface area contributed by atoms with Gasteiger partial charge in [-0.15, -0.1) is 0 Å². The minimum Gasteiger partial charge on any atom is -0.494 e. The van der Waals surface area contributed by atoms with Crippen molar-refractivity contribution in [2.45, 2.75) is 45.8 Å². The second-order valence-corrected chi connectivity index (χ2v) is 6.37. The molecule has 8 heteroatoms. The van der Waals surface area contributed by atoms with Gasteiger partial charge in [0, 0.05) is 24.7 Å². The number of aromatic hydroxyl groups is 1. The van der Waals surface area contributed by atoms with Crippen LogP contribution < -0.4 is 16.6 Å². The largest absolute Gasteiger partial charge is 0.494 e. The maximum absolute atomic E-state index is 12.6. The zero-order valence-corrected chi connectivity index (χ0v) is 13.2. The van der Waals surface area contributed by atoms with Gasteiger partial charge in [0.05, 0.1) is 6.20 Å². The molecular formula is C15H21N5O3. The average Bonchev–Trinajstić information content (AvgIpc) is 3.18. The first-order chi connectivity index (χ1) is 10.9. The number of rotatable bonds is 5. The number of amides is 1. The highest BCUT2D eigenvalue weighted by molar-refractivity contribution is 5.96. The summed E-state index contributed by atoms with van der Waals surface area (Å²) in [6.07, 6.45) is 3.29. The molecule has 1 amide bonds. The van der Waals surface area contributed by atoms with Crippen LogP contribution in [0.2, 0.25) is 0 Å². The summed E-state index contributed by atoms with van der Waals surface area (Å²) < 4.78 is 2.69. The molecule has 2 aromatic heterocycles. The Morgan fingerprint density at radius 2 is 2.22 bits per heavy atom. The second kappa shape index (κ2) is 5.69. The molecule has 1 saturated carbocycles. The fraction of sp³-hybridized carbons (Fsp3) is 0.533. The molecule has 0 aromatic carbocycles. The standard InChI is InChI=1S/C15H21N5O3/c1-8(2)7-19-13-9(5-16)6-17-20(13)15(23)11(14(19)22)12(21)18-10-3-4-10/h6,8,10,22H,3-5,7,16H2,1-2H3,(H,18,21). The van der Waals surface area contributed by atoms with Gasteiger partial charge in [0.25, 0.3) is 11.5 Å². The first kappa shape index (κ1) is 15.5. The summed E-state index contributed by atoms with van der Waals surface area (Å²) in [4.78, 5) is 24.9. The van der Waals surface area contributed by atoms with Crippen molar-refractivity contribution >= 4 is 11.6 Å². The Hall–Kier alpha value is -2.35. The molecule has 8 nitrogen and oxygen atoms in total. The van der Waals surface area contributed by atoms with Crippen LogP contribution in [0.15, 0.2) is 11.0 Å². The summed E-state index contributed by atoms with van der Waals surface area (Å²) in [5, 5.41) is 17.4. The van der Waals surface area contributed by atoms with Crippen LogP contribution in [0.1, 0.15) is 42.6 Å². The molecule has 23 heavy (non-hydrogen) atoms. The van der Waals surface area contributed by atoms with Gasteiger partial charge in [-0.05, 0) is 18.8 Å². The maximum Gasteiger partial charge on any atom is 0.291 e. The van der Waals surface area contributed by atoms with E-state index in [2.05, 4.69) is 10.4 Å². The van der Waals surface area contributed by atoms with E-state index >= 15 is 0 Å². The van der Waals surface area contributed by atoms with Gasteiger partial charge in [0.15, 0.2) is 5.56 Å². The van der Waals surface area contributed by atoms with E-state index in [0.29, 0.717) is 17.8 Å². The zero-order valence-electron chi connectivity index (χ0n) is 13.2. The lowest BCUT2D eigenvalue weighted by molar-refractivity contribution is 0.0944. The van der Waals surface area contributed by atoms with E-state index in [9.17, 15) is 14.7 Å². The normalized spacial score (nSPS) is 14.6. The Kier molecular flexibility index (Phi) is 3.85. The quantitative estimate of drug-likeness (QED) is 0.729. The monoisotopic (exact) mass is 319 g/mol. The van der Waals surface area contributed by atoms with Gasteiger partial charge in [0.1, 0.15) is 5.65 Å². The maximum atomic E-state index is 12.6. The Balaban J connectivity index is 2.24. The average molecular weight is 319 g/mol. The van der Waals surface area contributed by atoms with Crippen LogP contribution in [0.3, 0.4) is 0 Å². The van der Waals surface area contributed by atoms with Crippen molar-refractivity contribution in [1.82, 2.24) is 19.5 Å². The number of hydrogen-bond donors (Lipinski definition) is 3. The first-order valence-electron chi connectivity index (χ1n) is 7.77. The highest BCUT2D eigenvalue weighted by Crippen LogP contribution is 2.23. The highest BCUT2D eigenvalue weighted by Gasteiger charge is 2.29. The number of nitrogens with one attached hydrogen (secondary N) is 1. The van der Waals surface area contributed by atoms with Crippen molar-refractivity contribution in [2.24, 2.45) is 11.7 Å². The molecule has 0 spiro atoms. The molecule has 2 aromatic rings. The summed E-state index contributed by atoms with van der Waals surface area (Å²) in [5.41, 5.74) is 5.89. The molecule has 1 aliphatic carbocycles. The zero-order chi connectivity index (χ0) is 16.7. The Labute approximate surface area is 132 Å². The Morgan fingerprint density at radius 3 is 2.78 bits per heavy atom. The molecule has 0 aliphatic heterocycles. The number of nitrogens with zero attached hydrogens (tertiary/aromatic N) is 3. The van der Waals surface area contributed by atoms with Crippen LogP contribution in [0, 0.1) is 5.92 Å². The summed E-state index contributed by atoms with van der Waals surface area (Å²) in [7, 11) is 0. The predicted octanol–water partition coefficient (Wildman–Crippen LogP) is 0.208. The van der Waals surface area contributed by atoms with Crippen molar-refractivity contribution in [1.29, 1.82) is 0 Å². The number of aromatic nitrogens is 3. The Morgan fingerprint density at radius 1 is 1.52 bits per heavy atom. The van der Waals surface area contributed by atoms with Gasteiger partial charge < -0.3 is 16.2 Å². The molecule has 124 valence electrons. The van der Waals surface area contributed by atoms with Gasteiger partial charge in [-0.1, -0.05) is 13.8 Å². The van der Waals surface area contributed by atoms with Crippen LogP contribution >= 0.6 is 0 Å². The van der Waals surface area contributed by atoms with Gasteiger partial charge >= 0.3 is 0 Å². The molecule has 4 N–H and O–H groups in total. The van der Waals surface area contributed by atoms with Crippen LogP contribution in [0.5, 0.6) is 5.88 Å². The summed E-state index contributed by atoms with van der Waals surface area (Å²) in [5.74, 6) is -0.684. The topological polar surface area (TPSA) is 115 Å². The molecule has 0 bridgehead atoms. The van der Waals surface area contributed by atoms with Crippen LogP contribution in [0.4, 0.5) is 0 Å². The van der Waals surface area contributed by atoms with E-state index in [0.717, 1.165) is 17.4 Å². The van der Waals surface area contributed by atoms with Crippen LogP contribution in [0.25, 0.3) is 5.65 Å². The molecule has 0 radical (unpaired) electrons. The van der Waals surface area contributed by atoms with Crippen LogP contribution in [-0.2, 0) is 13.1 Å². The second-order valence-electron chi connectivity index (χ2n) is 6.37. The summed E-state index contributed by atoms with van der Waals surface area (Å²) >= 11 is 0. The van der Waals surface area contributed by atoms with Crippen molar-refractivity contribution in [3.05, 3.63) is 27.7 Å². The van der Waals surface area contributed by atoms with Gasteiger partial charge in [-0.2, -0.15) is 9.61 Å². The minimum atomic E-state index is -0.629. The third kappa shape index (κ3) is 2.70. The van der Waals surface area contributed by atoms with E-state index in [4.69, 9.17) is 5.73 Å². The van der Waals surface area contributed by atoms with E-state index in [-0.39, 0.29) is 29.9 Å². The molecule has 1 aliphatic rings. The van der Waals surface area contributed by atoms with Crippen LogP contribution in [-0.4, -0.2) is 31.2 Å². The van der Waals surface area contributed by atoms with Gasteiger partial charge in [0.2, 0.25) is 5.88 Å². The third-order valence-electron chi connectivity index (χ3n) is 3.87. The van der Waals surface area contributed by atoms with E-state index < -0.39 is 11.5 Å². The summed E-state index contributed by atoms with van der Waals surface area (Å²) in [6.45, 7) is 4.60. The molecule has 2 heterocycles.